The van der Waals surface area contributed by atoms with Gasteiger partial charge in [-0.25, -0.2) is 8.42 Å². The van der Waals surface area contributed by atoms with Gasteiger partial charge in [0.25, 0.3) is 5.69 Å². The lowest BCUT2D eigenvalue weighted by atomic mass is 10.1. The predicted octanol–water partition coefficient (Wildman–Crippen LogP) is 3.03. The molecule has 30 heavy (non-hydrogen) atoms. The van der Waals surface area contributed by atoms with Gasteiger partial charge in [0, 0.05) is 32.7 Å². The molecule has 2 aromatic carbocycles. The van der Waals surface area contributed by atoms with Crippen LogP contribution in [0.2, 0.25) is 0 Å². The van der Waals surface area contributed by atoms with Crippen LogP contribution in [0.25, 0.3) is 0 Å². The van der Waals surface area contributed by atoms with E-state index in [0.717, 1.165) is 24.5 Å². The van der Waals surface area contributed by atoms with E-state index in [1.165, 1.54) is 23.5 Å². The fourth-order valence-corrected chi connectivity index (χ4v) is 5.09. The maximum Gasteiger partial charge on any atom is 0.293 e. The Morgan fingerprint density at radius 1 is 1.07 bits per heavy atom. The molecule has 0 atom stereocenters. The summed E-state index contributed by atoms with van der Waals surface area (Å²) in [7, 11) is 1.07. The molecule has 1 aliphatic rings. The first-order valence-corrected chi connectivity index (χ1v) is 10.9. The average Bonchev–Trinajstić information content (AvgIpc) is 3.29. The second-order valence-electron chi connectivity index (χ2n) is 7.06. The number of ether oxygens (including phenoxy) is 2. The standard InChI is InChI=1S/C20H25N3O6S/c1-21(14-15-6-9-19(28-2)20(12-15)29-3)17-8-7-16(13-18(17)23(24)25)30(26,27)22-10-4-5-11-22/h6-9,12-13H,4-5,10-11,14H2,1-3H3. The van der Waals surface area contributed by atoms with Gasteiger partial charge in [-0.2, -0.15) is 4.31 Å². The predicted molar refractivity (Wildman–Crippen MR) is 113 cm³/mol. The van der Waals surface area contributed by atoms with Crippen LogP contribution in [0, 0.1) is 10.1 Å². The Kier molecular flexibility index (Phi) is 6.47. The summed E-state index contributed by atoms with van der Waals surface area (Å²) in [4.78, 5) is 12.8. The number of methoxy groups -OCH3 is 2. The number of hydrogen-bond donors (Lipinski definition) is 0. The van der Waals surface area contributed by atoms with Crippen molar-refractivity contribution in [3.63, 3.8) is 0 Å². The highest BCUT2D eigenvalue weighted by Crippen LogP contribution is 2.34. The van der Waals surface area contributed by atoms with Gasteiger partial charge >= 0.3 is 0 Å². The molecule has 0 bridgehead atoms. The molecule has 0 saturated carbocycles. The van der Waals surface area contributed by atoms with Crippen LogP contribution in [-0.4, -0.2) is 52.0 Å². The highest BCUT2D eigenvalue weighted by Gasteiger charge is 2.30. The molecule has 0 unspecified atom stereocenters. The first-order chi connectivity index (χ1) is 14.3. The van der Waals surface area contributed by atoms with Gasteiger partial charge in [0.15, 0.2) is 11.5 Å². The van der Waals surface area contributed by atoms with E-state index in [4.69, 9.17) is 9.47 Å². The molecule has 1 aliphatic heterocycles. The Hall–Kier alpha value is -2.85. The normalized spacial score (nSPS) is 14.5. The summed E-state index contributed by atoms with van der Waals surface area (Å²) in [6.45, 7) is 1.24. The molecule has 9 nitrogen and oxygen atoms in total. The molecule has 10 heteroatoms. The smallest absolute Gasteiger partial charge is 0.293 e. The van der Waals surface area contributed by atoms with Crippen LogP contribution < -0.4 is 14.4 Å². The van der Waals surface area contributed by atoms with Gasteiger partial charge in [-0.15, -0.1) is 0 Å². The van der Waals surface area contributed by atoms with Gasteiger partial charge in [-0.3, -0.25) is 10.1 Å². The molecule has 3 rings (SSSR count). The van der Waals surface area contributed by atoms with Crippen molar-refractivity contribution in [2.24, 2.45) is 0 Å². The summed E-state index contributed by atoms with van der Waals surface area (Å²) in [5.74, 6) is 1.15. The number of nitro groups is 1. The third kappa shape index (κ3) is 4.34. The molecule has 0 aromatic heterocycles. The van der Waals surface area contributed by atoms with Crippen LogP contribution in [0.5, 0.6) is 11.5 Å². The molecular formula is C20H25N3O6S. The number of benzene rings is 2. The van der Waals surface area contributed by atoms with Gasteiger partial charge in [-0.05, 0) is 42.7 Å². The number of sulfonamides is 1. The SMILES string of the molecule is COc1ccc(CN(C)c2ccc(S(=O)(=O)N3CCCC3)cc2[N+](=O)[O-])cc1OC. The summed E-state index contributed by atoms with van der Waals surface area (Å²) >= 11 is 0. The quantitative estimate of drug-likeness (QED) is 0.464. The van der Waals surface area contributed by atoms with E-state index < -0.39 is 14.9 Å². The molecule has 0 aliphatic carbocycles. The lowest BCUT2D eigenvalue weighted by molar-refractivity contribution is -0.384. The highest BCUT2D eigenvalue weighted by atomic mass is 32.2. The zero-order valence-electron chi connectivity index (χ0n) is 17.2. The molecule has 162 valence electrons. The fraction of sp³-hybridized carbons (Fsp3) is 0.400. The van der Waals surface area contributed by atoms with Gasteiger partial charge < -0.3 is 14.4 Å². The summed E-state index contributed by atoms with van der Waals surface area (Å²) < 4.78 is 37.5. The van der Waals surface area contributed by atoms with Gasteiger partial charge in [-0.1, -0.05) is 6.07 Å². The molecular weight excluding hydrogens is 410 g/mol. The molecule has 2 aromatic rings. The van der Waals surface area contributed by atoms with Crippen molar-refractivity contribution in [2.75, 3.05) is 39.3 Å². The molecule has 0 amide bonds. The summed E-state index contributed by atoms with van der Waals surface area (Å²) in [6, 6.07) is 9.47. The van der Waals surface area contributed by atoms with E-state index in [9.17, 15) is 18.5 Å². The Morgan fingerprint density at radius 3 is 2.33 bits per heavy atom. The van der Waals surface area contributed by atoms with E-state index in [2.05, 4.69) is 0 Å². The topological polar surface area (TPSA) is 102 Å². The zero-order chi connectivity index (χ0) is 21.9. The lowest BCUT2D eigenvalue weighted by Gasteiger charge is -2.21. The van der Waals surface area contributed by atoms with Crippen molar-refractivity contribution in [1.29, 1.82) is 0 Å². The minimum atomic E-state index is -3.73. The molecule has 1 saturated heterocycles. The van der Waals surface area contributed by atoms with Crippen molar-refractivity contribution in [2.45, 2.75) is 24.3 Å². The van der Waals surface area contributed by atoms with Crippen LogP contribution >= 0.6 is 0 Å². The number of nitrogens with zero attached hydrogens (tertiary/aromatic N) is 3. The lowest BCUT2D eigenvalue weighted by Crippen LogP contribution is -2.28. The van der Waals surface area contributed by atoms with Crippen LogP contribution in [-0.2, 0) is 16.6 Å². The molecule has 0 N–H and O–H groups in total. The molecule has 1 fully saturated rings. The first-order valence-electron chi connectivity index (χ1n) is 9.48. The van der Waals surface area contributed by atoms with Crippen molar-refractivity contribution in [1.82, 2.24) is 4.31 Å². The summed E-state index contributed by atoms with van der Waals surface area (Å²) in [5.41, 5.74) is 0.937. The highest BCUT2D eigenvalue weighted by molar-refractivity contribution is 7.89. The number of rotatable bonds is 8. The van der Waals surface area contributed by atoms with E-state index in [1.54, 1.807) is 31.2 Å². The Balaban J connectivity index is 1.91. The monoisotopic (exact) mass is 435 g/mol. The maximum atomic E-state index is 12.8. The molecule has 1 heterocycles. The van der Waals surface area contributed by atoms with Crippen LogP contribution in [0.1, 0.15) is 18.4 Å². The Labute approximate surface area is 176 Å². The van der Waals surface area contributed by atoms with Gasteiger partial charge in [0.05, 0.1) is 24.0 Å². The van der Waals surface area contributed by atoms with Crippen LogP contribution in [0.4, 0.5) is 11.4 Å². The van der Waals surface area contributed by atoms with E-state index in [-0.39, 0.29) is 10.6 Å². The van der Waals surface area contributed by atoms with Crippen LogP contribution in [0.15, 0.2) is 41.3 Å². The van der Waals surface area contributed by atoms with E-state index in [1.807, 2.05) is 6.07 Å². The summed E-state index contributed by atoms with van der Waals surface area (Å²) in [6.07, 6.45) is 1.60. The minimum Gasteiger partial charge on any atom is -0.493 e. The third-order valence-electron chi connectivity index (χ3n) is 5.13. The average molecular weight is 436 g/mol. The second kappa shape index (κ2) is 8.88. The molecule has 0 radical (unpaired) electrons. The number of hydrogen-bond acceptors (Lipinski definition) is 7. The van der Waals surface area contributed by atoms with Crippen LogP contribution in [0.3, 0.4) is 0 Å². The first kappa shape index (κ1) is 21.8. The second-order valence-corrected chi connectivity index (χ2v) is 9.00. The fourth-order valence-electron chi connectivity index (χ4n) is 3.55. The van der Waals surface area contributed by atoms with Crippen molar-refractivity contribution in [3.8, 4) is 11.5 Å². The van der Waals surface area contributed by atoms with Crippen molar-refractivity contribution < 1.29 is 22.8 Å². The Bertz CT molecular complexity index is 1030. The number of anilines is 1. The van der Waals surface area contributed by atoms with E-state index in [0.29, 0.717) is 36.8 Å². The minimum absolute atomic E-state index is 0.0561. The number of nitro benzene ring substituents is 1. The zero-order valence-corrected chi connectivity index (χ0v) is 18.0. The molecule has 0 spiro atoms. The third-order valence-corrected chi connectivity index (χ3v) is 7.02. The van der Waals surface area contributed by atoms with E-state index >= 15 is 0 Å². The Morgan fingerprint density at radius 2 is 1.73 bits per heavy atom. The van der Waals surface area contributed by atoms with Gasteiger partial charge in [0.2, 0.25) is 10.0 Å². The largest absolute Gasteiger partial charge is 0.493 e. The van der Waals surface area contributed by atoms with Crippen molar-refractivity contribution >= 4 is 21.4 Å². The van der Waals surface area contributed by atoms with Crippen molar-refractivity contribution in [3.05, 3.63) is 52.1 Å². The van der Waals surface area contributed by atoms with Gasteiger partial charge in [0.1, 0.15) is 5.69 Å². The summed E-state index contributed by atoms with van der Waals surface area (Å²) in [5, 5.41) is 11.7. The maximum absolute atomic E-state index is 12.8.